The van der Waals surface area contributed by atoms with Crippen molar-refractivity contribution in [3.63, 3.8) is 0 Å². The van der Waals surface area contributed by atoms with Crippen LogP contribution in [0.5, 0.6) is 0 Å². The average molecular weight is 213 g/mol. The normalized spacial score (nSPS) is 11.4. The summed E-state index contributed by atoms with van der Waals surface area (Å²) in [5.41, 5.74) is 5.47. The van der Waals surface area contributed by atoms with Crippen LogP contribution >= 0.6 is 11.3 Å². The molecule has 3 N–H and O–H groups in total. The molecule has 0 fully saturated rings. The summed E-state index contributed by atoms with van der Waals surface area (Å²) in [4.78, 5) is 16.5. The van der Waals surface area contributed by atoms with Gasteiger partial charge in [-0.3, -0.25) is 4.79 Å². The van der Waals surface area contributed by atoms with Crippen molar-refractivity contribution in [2.24, 2.45) is 5.73 Å². The zero-order valence-corrected chi connectivity index (χ0v) is 9.66. The Morgan fingerprint density at radius 1 is 1.50 bits per heavy atom. The van der Waals surface area contributed by atoms with Crippen LogP contribution in [-0.4, -0.2) is 16.4 Å². The lowest BCUT2D eigenvalue weighted by molar-refractivity contribution is -0.121. The van der Waals surface area contributed by atoms with Gasteiger partial charge in [-0.15, -0.1) is 11.3 Å². The van der Waals surface area contributed by atoms with E-state index in [0.717, 1.165) is 15.7 Å². The molecule has 0 saturated heterocycles. The first kappa shape index (κ1) is 11.0. The number of anilines is 1. The van der Waals surface area contributed by atoms with Gasteiger partial charge in [0.25, 0.3) is 0 Å². The van der Waals surface area contributed by atoms with E-state index >= 15 is 0 Å². The number of primary amides is 1. The fraction of sp³-hybridized carbons (Fsp3) is 0.556. The standard InChI is InChI=1S/C9H15N3OS/c1-5-6(2)14-8(11-5)12-9(3,4)7(10)13/h1-4H3,(H2,10,13)(H,11,12). The van der Waals surface area contributed by atoms with E-state index in [1.54, 1.807) is 13.8 Å². The number of amides is 1. The number of aryl methyl sites for hydroxylation is 2. The number of rotatable bonds is 3. The first-order chi connectivity index (χ1) is 6.33. The smallest absolute Gasteiger partial charge is 0.242 e. The largest absolute Gasteiger partial charge is 0.368 e. The number of aromatic nitrogens is 1. The number of hydrogen-bond donors (Lipinski definition) is 2. The van der Waals surface area contributed by atoms with E-state index in [1.807, 2.05) is 13.8 Å². The van der Waals surface area contributed by atoms with Gasteiger partial charge in [-0.05, 0) is 27.7 Å². The number of nitrogens with two attached hydrogens (primary N) is 1. The summed E-state index contributed by atoms with van der Waals surface area (Å²) in [5, 5.41) is 3.75. The van der Waals surface area contributed by atoms with Crippen molar-refractivity contribution in [1.82, 2.24) is 4.98 Å². The zero-order chi connectivity index (χ0) is 10.9. The minimum atomic E-state index is -0.753. The highest BCUT2D eigenvalue weighted by atomic mass is 32.1. The molecule has 0 bridgehead atoms. The SMILES string of the molecule is Cc1nc(NC(C)(C)C(N)=O)sc1C. The van der Waals surface area contributed by atoms with Crippen LogP contribution in [0, 0.1) is 13.8 Å². The van der Waals surface area contributed by atoms with Crippen molar-refractivity contribution in [3.8, 4) is 0 Å². The molecule has 1 heterocycles. The van der Waals surface area contributed by atoms with Crippen molar-refractivity contribution in [3.05, 3.63) is 10.6 Å². The zero-order valence-electron chi connectivity index (χ0n) is 8.84. The molecule has 0 spiro atoms. The van der Waals surface area contributed by atoms with Gasteiger partial charge in [0.05, 0.1) is 5.69 Å². The molecule has 0 saturated carbocycles. The number of carbonyl (C=O) groups is 1. The topological polar surface area (TPSA) is 68.0 Å². The third kappa shape index (κ3) is 2.23. The molecule has 5 heteroatoms. The van der Waals surface area contributed by atoms with E-state index in [2.05, 4.69) is 10.3 Å². The van der Waals surface area contributed by atoms with Gasteiger partial charge in [0.2, 0.25) is 5.91 Å². The lowest BCUT2D eigenvalue weighted by Gasteiger charge is -2.21. The molecule has 78 valence electrons. The number of hydrogen-bond acceptors (Lipinski definition) is 4. The van der Waals surface area contributed by atoms with Crippen LogP contribution in [0.15, 0.2) is 0 Å². The van der Waals surface area contributed by atoms with E-state index in [4.69, 9.17) is 5.73 Å². The van der Waals surface area contributed by atoms with E-state index in [1.165, 1.54) is 11.3 Å². The molecule has 0 aliphatic carbocycles. The van der Waals surface area contributed by atoms with Gasteiger partial charge in [-0.25, -0.2) is 4.98 Å². The van der Waals surface area contributed by atoms with E-state index in [-0.39, 0.29) is 5.91 Å². The van der Waals surface area contributed by atoms with Gasteiger partial charge >= 0.3 is 0 Å². The van der Waals surface area contributed by atoms with Crippen LogP contribution in [0.25, 0.3) is 0 Å². The minimum absolute atomic E-state index is 0.386. The Morgan fingerprint density at radius 2 is 2.07 bits per heavy atom. The first-order valence-electron chi connectivity index (χ1n) is 4.35. The number of nitrogens with zero attached hydrogens (tertiary/aromatic N) is 1. The second-order valence-corrected chi connectivity index (χ2v) is 4.98. The van der Waals surface area contributed by atoms with Gasteiger partial charge in [0.15, 0.2) is 5.13 Å². The summed E-state index contributed by atoms with van der Waals surface area (Å²) >= 11 is 1.53. The van der Waals surface area contributed by atoms with Crippen molar-refractivity contribution in [2.75, 3.05) is 5.32 Å². The maximum Gasteiger partial charge on any atom is 0.242 e. The Kier molecular flexibility index (Phi) is 2.80. The quantitative estimate of drug-likeness (QED) is 0.798. The molecule has 0 aromatic carbocycles. The van der Waals surface area contributed by atoms with Crippen LogP contribution in [0.1, 0.15) is 24.4 Å². The van der Waals surface area contributed by atoms with Crippen molar-refractivity contribution < 1.29 is 4.79 Å². The molecule has 1 aromatic heterocycles. The number of carbonyl (C=O) groups excluding carboxylic acids is 1. The first-order valence-corrected chi connectivity index (χ1v) is 5.16. The molecule has 0 atom stereocenters. The summed E-state index contributed by atoms with van der Waals surface area (Å²) in [6.07, 6.45) is 0. The second kappa shape index (κ2) is 3.57. The van der Waals surface area contributed by atoms with Crippen LogP contribution < -0.4 is 11.1 Å². The number of thiazole rings is 1. The third-order valence-electron chi connectivity index (χ3n) is 2.06. The summed E-state index contributed by atoms with van der Waals surface area (Å²) < 4.78 is 0. The molecule has 1 rings (SSSR count). The van der Waals surface area contributed by atoms with Crippen LogP contribution in [-0.2, 0) is 4.79 Å². The average Bonchev–Trinajstić information content (AvgIpc) is 2.29. The van der Waals surface area contributed by atoms with Gasteiger partial charge in [0.1, 0.15) is 5.54 Å². The Morgan fingerprint density at radius 3 is 2.43 bits per heavy atom. The van der Waals surface area contributed by atoms with Crippen LogP contribution in [0.2, 0.25) is 0 Å². The molecule has 4 nitrogen and oxygen atoms in total. The lowest BCUT2D eigenvalue weighted by Crippen LogP contribution is -2.44. The number of nitrogens with one attached hydrogen (secondary N) is 1. The molecule has 1 aromatic rings. The monoisotopic (exact) mass is 213 g/mol. The summed E-state index contributed by atoms with van der Waals surface area (Å²) in [5.74, 6) is -0.386. The molecule has 0 aliphatic rings. The minimum Gasteiger partial charge on any atom is -0.368 e. The van der Waals surface area contributed by atoms with Crippen molar-refractivity contribution >= 4 is 22.4 Å². The predicted octanol–water partition coefficient (Wildman–Crippen LogP) is 1.44. The molecule has 14 heavy (non-hydrogen) atoms. The molecular formula is C9H15N3OS. The second-order valence-electron chi connectivity index (χ2n) is 3.77. The maximum atomic E-state index is 11.1. The highest BCUT2D eigenvalue weighted by Crippen LogP contribution is 2.23. The Balaban J connectivity index is 2.84. The Labute approximate surface area is 87.5 Å². The van der Waals surface area contributed by atoms with Crippen LogP contribution in [0.3, 0.4) is 0 Å². The lowest BCUT2D eigenvalue weighted by atomic mass is 10.1. The van der Waals surface area contributed by atoms with Crippen molar-refractivity contribution in [2.45, 2.75) is 33.2 Å². The van der Waals surface area contributed by atoms with Crippen molar-refractivity contribution in [1.29, 1.82) is 0 Å². The molecule has 0 radical (unpaired) electrons. The Bertz CT molecular complexity index is 337. The Hall–Kier alpha value is -1.10. The molecule has 1 amide bonds. The third-order valence-corrected chi connectivity index (χ3v) is 3.05. The summed E-state index contributed by atoms with van der Waals surface area (Å²) in [7, 11) is 0. The molecular weight excluding hydrogens is 198 g/mol. The molecule has 0 aliphatic heterocycles. The maximum absolute atomic E-state index is 11.1. The fourth-order valence-electron chi connectivity index (χ4n) is 0.855. The fourth-order valence-corrected chi connectivity index (χ4v) is 1.83. The summed E-state index contributed by atoms with van der Waals surface area (Å²) in [6.45, 7) is 7.41. The van der Waals surface area contributed by atoms with Gasteiger partial charge in [-0.2, -0.15) is 0 Å². The van der Waals surface area contributed by atoms with E-state index in [0.29, 0.717) is 0 Å². The van der Waals surface area contributed by atoms with Gasteiger partial charge in [0, 0.05) is 4.88 Å². The van der Waals surface area contributed by atoms with E-state index in [9.17, 15) is 4.79 Å². The van der Waals surface area contributed by atoms with E-state index < -0.39 is 5.54 Å². The van der Waals surface area contributed by atoms with Gasteiger partial charge < -0.3 is 11.1 Å². The summed E-state index contributed by atoms with van der Waals surface area (Å²) in [6, 6.07) is 0. The highest BCUT2D eigenvalue weighted by molar-refractivity contribution is 7.15. The van der Waals surface area contributed by atoms with Crippen LogP contribution in [0.4, 0.5) is 5.13 Å². The predicted molar refractivity (Wildman–Crippen MR) is 58.5 cm³/mol. The van der Waals surface area contributed by atoms with Gasteiger partial charge in [-0.1, -0.05) is 0 Å². The highest BCUT2D eigenvalue weighted by Gasteiger charge is 2.25. The molecule has 0 unspecified atom stereocenters.